The Hall–Kier alpha value is -0.140. The summed E-state index contributed by atoms with van der Waals surface area (Å²) in [6.07, 6.45) is 0.963. The van der Waals surface area contributed by atoms with Crippen molar-refractivity contribution in [2.45, 2.75) is 30.1 Å². The van der Waals surface area contributed by atoms with Crippen LogP contribution in [0, 0.1) is 0 Å². The number of rotatable bonds is 3. The first-order valence-corrected chi connectivity index (χ1v) is 17.9. The zero-order valence-electron chi connectivity index (χ0n) is 13.8. The molecule has 0 bridgehead atoms. The van der Waals surface area contributed by atoms with Crippen LogP contribution in [0.4, 0.5) is 0 Å². The number of halogens is 2. The molecule has 23 heavy (non-hydrogen) atoms. The van der Waals surface area contributed by atoms with Crippen LogP contribution in [0.5, 0.6) is 0 Å². The van der Waals surface area contributed by atoms with Gasteiger partial charge < -0.3 is 0 Å². The van der Waals surface area contributed by atoms with E-state index in [-0.39, 0.29) is 0 Å². The molecule has 0 saturated heterocycles. The molecule has 1 aliphatic rings. The van der Waals surface area contributed by atoms with Crippen LogP contribution in [-0.2, 0) is 25.8 Å². The molecular weight excluding hydrogens is 418 g/mol. The Kier molecular flexibility index (Phi) is 7.82. The smallest absolute Gasteiger partial charge is 0.0213 e. The summed E-state index contributed by atoms with van der Waals surface area (Å²) in [6.45, 7) is 6.62. The molecule has 2 aromatic rings. The summed E-state index contributed by atoms with van der Waals surface area (Å²) in [4.78, 5) is 0. The monoisotopic (exact) mass is 438 g/mol. The Bertz CT molecular complexity index is 668. The van der Waals surface area contributed by atoms with E-state index in [4.69, 9.17) is 17.0 Å². The Morgan fingerprint density at radius 2 is 1.52 bits per heavy atom. The standard InChI is InChI=1S/C17H15.C2H7Si.2ClH.Zr/c1-13-11-15-9-5-6-10-16(15)17(13)12-14-7-3-2-4-8-14;1-3-2;;;/h2-11H,12H2,1H3;3H,1-2H3;2*1H;/q;;;;+2/p-2. The second-order valence-electron chi connectivity index (χ2n) is 5.71. The molecular formula is C19H22Cl2SiZr. The van der Waals surface area contributed by atoms with Gasteiger partial charge in [-0.25, -0.2) is 0 Å². The van der Waals surface area contributed by atoms with E-state index in [1.165, 1.54) is 27.8 Å². The fraction of sp³-hybridized carbons (Fsp3) is 0.263. The summed E-state index contributed by atoms with van der Waals surface area (Å²) in [5.41, 5.74) is 6.82. The average molecular weight is 441 g/mol. The zero-order chi connectivity index (χ0) is 16.8. The van der Waals surface area contributed by atoms with Crippen molar-refractivity contribution in [2.75, 3.05) is 0 Å². The number of hydrogen-bond acceptors (Lipinski definition) is 0. The Balaban J connectivity index is 0.000000595. The van der Waals surface area contributed by atoms with Crippen LogP contribution in [-0.4, -0.2) is 9.52 Å². The number of hydrogen-bond donors (Lipinski definition) is 0. The van der Waals surface area contributed by atoms with Gasteiger partial charge in [0, 0.05) is 9.52 Å². The third-order valence-corrected chi connectivity index (χ3v) is 9.43. The van der Waals surface area contributed by atoms with Gasteiger partial charge in [-0.05, 0) is 0 Å². The molecule has 0 nitrogen and oxygen atoms in total. The largest absolute Gasteiger partial charge is 0.0743 e. The molecule has 0 heterocycles. The predicted molar refractivity (Wildman–Crippen MR) is 103 cm³/mol. The molecule has 0 saturated carbocycles. The maximum atomic E-state index is 6.40. The van der Waals surface area contributed by atoms with Crippen LogP contribution in [0.3, 0.4) is 0 Å². The summed E-state index contributed by atoms with van der Waals surface area (Å²) >= 11 is -2.35. The molecule has 0 amide bonds. The number of benzene rings is 2. The molecule has 0 aromatic heterocycles. The summed E-state index contributed by atoms with van der Waals surface area (Å²) in [7, 11) is 13.6. The summed E-state index contributed by atoms with van der Waals surface area (Å²) in [5, 5.41) is 0. The number of fused-ring (bicyclic) bond motifs is 1. The minimum absolute atomic E-state index is 0.315. The molecule has 0 fully saturated rings. The summed E-state index contributed by atoms with van der Waals surface area (Å²) in [5.74, 6) is 0. The Morgan fingerprint density at radius 3 is 2.13 bits per heavy atom. The molecule has 1 aliphatic carbocycles. The second kappa shape index (κ2) is 9.37. The predicted octanol–water partition coefficient (Wildman–Crippen LogP) is 6.20. The van der Waals surface area contributed by atoms with Gasteiger partial charge in [-0.3, -0.25) is 0 Å². The van der Waals surface area contributed by atoms with Gasteiger partial charge in [0.25, 0.3) is 0 Å². The van der Waals surface area contributed by atoms with Crippen LogP contribution in [0.1, 0.15) is 27.2 Å². The van der Waals surface area contributed by atoms with Crippen molar-refractivity contribution < 1.29 is 19.4 Å². The van der Waals surface area contributed by atoms with Gasteiger partial charge in [-0.1, -0.05) is 13.1 Å². The molecule has 2 aromatic carbocycles. The molecule has 0 spiro atoms. The van der Waals surface area contributed by atoms with Gasteiger partial charge in [-0.15, -0.1) is 0 Å². The van der Waals surface area contributed by atoms with Crippen molar-refractivity contribution in [3.63, 3.8) is 0 Å². The molecule has 120 valence electrons. The molecule has 0 aliphatic heterocycles. The van der Waals surface area contributed by atoms with Crippen LogP contribution in [0.15, 0.2) is 60.2 Å². The van der Waals surface area contributed by atoms with E-state index in [0.717, 1.165) is 15.9 Å². The van der Waals surface area contributed by atoms with Crippen molar-refractivity contribution in [1.29, 1.82) is 0 Å². The normalized spacial score (nSPS) is 15.8. The quantitative estimate of drug-likeness (QED) is 0.498. The Labute approximate surface area is 157 Å². The molecule has 1 radical (unpaired) electrons. The average Bonchev–Trinajstić information content (AvgIpc) is 2.82. The molecule has 1 unspecified atom stereocenters. The van der Waals surface area contributed by atoms with Crippen molar-refractivity contribution in [1.82, 2.24) is 0 Å². The van der Waals surface area contributed by atoms with E-state index in [2.05, 4.69) is 74.6 Å². The first kappa shape index (κ1) is 19.2. The van der Waals surface area contributed by atoms with Crippen molar-refractivity contribution in [3.05, 3.63) is 76.9 Å². The van der Waals surface area contributed by atoms with E-state index in [1.807, 2.05) is 0 Å². The molecule has 4 heteroatoms. The third kappa shape index (κ3) is 4.69. The van der Waals surface area contributed by atoms with Gasteiger partial charge in [-0.2, -0.15) is 0 Å². The van der Waals surface area contributed by atoms with Crippen molar-refractivity contribution >= 4 is 32.1 Å². The van der Waals surface area contributed by atoms with Gasteiger partial charge in [0.15, 0.2) is 0 Å². The van der Waals surface area contributed by atoms with Gasteiger partial charge in [0.2, 0.25) is 0 Å². The topological polar surface area (TPSA) is 0 Å². The van der Waals surface area contributed by atoms with E-state index in [1.54, 1.807) is 0 Å². The second-order valence-corrected chi connectivity index (χ2v) is 15.7. The molecule has 1 atom stereocenters. The maximum Gasteiger partial charge on any atom is 0.0213 e. The van der Waals surface area contributed by atoms with Crippen LogP contribution < -0.4 is 0 Å². The zero-order valence-corrected chi connectivity index (χ0v) is 18.9. The SMILES string of the molecule is CC1=C(Cc2ccccc2)c2ccccc2[CH]1[Zr]([Cl])[Cl].C[SiH]C. The maximum absolute atomic E-state index is 6.40. The van der Waals surface area contributed by atoms with Crippen LogP contribution in [0.2, 0.25) is 13.1 Å². The van der Waals surface area contributed by atoms with Gasteiger partial charge in [0.1, 0.15) is 0 Å². The van der Waals surface area contributed by atoms with Crippen LogP contribution >= 0.6 is 17.0 Å². The van der Waals surface area contributed by atoms with Crippen LogP contribution in [0.25, 0.3) is 5.57 Å². The first-order chi connectivity index (χ1) is 11.1. The van der Waals surface area contributed by atoms with Gasteiger partial charge >= 0.3 is 136 Å². The molecule has 0 N–H and O–H groups in total. The number of allylic oxidation sites excluding steroid dienone is 2. The van der Waals surface area contributed by atoms with Gasteiger partial charge in [0.05, 0.1) is 0 Å². The summed E-state index contributed by atoms with van der Waals surface area (Å²) in [6, 6.07) is 19.2. The minimum Gasteiger partial charge on any atom is -0.0743 e. The van der Waals surface area contributed by atoms with E-state index >= 15 is 0 Å². The fourth-order valence-electron chi connectivity index (χ4n) is 2.96. The summed E-state index contributed by atoms with van der Waals surface area (Å²) < 4.78 is 0.315. The fourth-order valence-corrected chi connectivity index (χ4v) is 8.72. The van der Waals surface area contributed by atoms with E-state index in [0.29, 0.717) is 3.63 Å². The first-order valence-electron chi connectivity index (χ1n) is 7.84. The third-order valence-electron chi connectivity index (χ3n) is 3.95. The van der Waals surface area contributed by atoms with Crippen molar-refractivity contribution in [2.24, 2.45) is 0 Å². The Morgan fingerprint density at radius 1 is 0.957 bits per heavy atom. The molecule has 3 rings (SSSR count). The van der Waals surface area contributed by atoms with Crippen molar-refractivity contribution in [3.8, 4) is 0 Å². The van der Waals surface area contributed by atoms with E-state index in [9.17, 15) is 0 Å². The van der Waals surface area contributed by atoms with E-state index < -0.39 is 19.4 Å². The minimum atomic E-state index is -2.35.